The van der Waals surface area contributed by atoms with Gasteiger partial charge in [0.15, 0.2) is 0 Å². The zero-order valence-corrected chi connectivity index (χ0v) is 13.0. The second kappa shape index (κ2) is 9.76. The predicted octanol–water partition coefficient (Wildman–Crippen LogP) is 3.11. The molecule has 8 heteroatoms. The van der Waals surface area contributed by atoms with E-state index in [9.17, 15) is 13.6 Å². The zero-order valence-electron chi connectivity index (χ0n) is 11.4. The molecule has 21 heavy (non-hydrogen) atoms. The van der Waals surface area contributed by atoms with E-state index in [1.165, 1.54) is 18.2 Å². The Bertz CT molecular complexity index is 462. The van der Waals surface area contributed by atoms with Crippen molar-refractivity contribution < 1.29 is 18.3 Å². The van der Waals surface area contributed by atoms with E-state index < -0.39 is 12.7 Å². The third kappa shape index (κ3) is 6.93. The first kappa shape index (κ1) is 19.9. The van der Waals surface area contributed by atoms with E-state index in [2.05, 4.69) is 10.1 Å². The average Bonchev–Trinajstić information content (AvgIpc) is 2.38. The fraction of sp³-hybridized carbons (Fsp3) is 0.462. The van der Waals surface area contributed by atoms with Crippen molar-refractivity contribution in [3.63, 3.8) is 0 Å². The van der Waals surface area contributed by atoms with Gasteiger partial charge in [-0.25, -0.2) is 0 Å². The Balaban J connectivity index is 0.00000400. The van der Waals surface area contributed by atoms with Crippen LogP contribution in [0.1, 0.15) is 25.3 Å². The van der Waals surface area contributed by atoms with Crippen LogP contribution in [-0.2, 0) is 11.3 Å². The normalized spacial score (nSPS) is 11.7. The highest BCUT2D eigenvalue weighted by atomic mass is 35.5. The summed E-state index contributed by atoms with van der Waals surface area (Å²) < 4.78 is 28.9. The fourth-order valence-electron chi connectivity index (χ4n) is 1.65. The first-order valence-electron chi connectivity index (χ1n) is 6.20. The Morgan fingerprint density at radius 2 is 2.14 bits per heavy atom. The number of alkyl halides is 2. The van der Waals surface area contributed by atoms with Gasteiger partial charge in [-0.1, -0.05) is 24.9 Å². The lowest BCUT2D eigenvalue weighted by molar-refractivity contribution is -0.122. The summed E-state index contributed by atoms with van der Waals surface area (Å²) >= 11 is 5.80. The van der Waals surface area contributed by atoms with Crippen LogP contribution in [0.4, 0.5) is 8.78 Å². The maximum absolute atomic E-state index is 12.3. The van der Waals surface area contributed by atoms with Crippen LogP contribution >= 0.6 is 24.0 Å². The quantitative estimate of drug-likeness (QED) is 0.800. The number of halogens is 4. The average molecular weight is 343 g/mol. The summed E-state index contributed by atoms with van der Waals surface area (Å²) in [5.74, 6) is -0.358. The monoisotopic (exact) mass is 342 g/mol. The molecule has 0 bridgehead atoms. The molecule has 1 unspecified atom stereocenters. The van der Waals surface area contributed by atoms with Crippen LogP contribution in [0.2, 0.25) is 5.02 Å². The number of ether oxygens (including phenoxy) is 1. The Morgan fingerprint density at radius 3 is 2.71 bits per heavy atom. The molecule has 1 rings (SSSR count). The van der Waals surface area contributed by atoms with Gasteiger partial charge in [-0.15, -0.1) is 12.4 Å². The van der Waals surface area contributed by atoms with Crippen molar-refractivity contribution in [1.82, 2.24) is 5.32 Å². The number of benzene rings is 1. The Hall–Kier alpha value is -1.11. The minimum Gasteiger partial charge on any atom is -0.434 e. The van der Waals surface area contributed by atoms with Crippen LogP contribution in [-0.4, -0.2) is 18.6 Å². The van der Waals surface area contributed by atoms with E-state index in [1.807, 2.05) is 6.92 Å². The van der Waals surface area contributed by atoms with Crippen molar-refractivity contribution in [3.05, 3.63) is 28.8 Å². The summed E-state index contributed by atoms with van der Waals surface area (Å²) in [5, 5.41) is 2.95. The summed E-state index contributed by atoms with van der Waals surface area (Å²) in [4.78, 5) is 11.7. The fourth-order valence-corrected chi connectivity index (χ4v) is 1.85. The minimum absolute atomic E-state index is 0. The molecule has 0 aromatic heterocycles. The van der Waals surface area contributed by atoms with Crippen LogP contribution in [0.25, 0.3) is 0 Å². The molecule has 0 heterocycles. The molecule has 3 N–H and O–H groups in total. The maximum Gasteiger partial charge on any atom is 0.387 e. The van der Waals surface area contributed by atoms with Gasteiger partial charge in [-0.05, 0) is 24.6 Å². The number of nitrogens with one attached hydrogen (secondary N) is 1. The zero-order chi connectivity index (χ0) is 15.1. The molecule has 0 saturated heterocycles. The number of hydrogen-bond donors (Lipinski definition) is 2. The van der Waals surface area contributed by atoms with Gasteiger partial charge in [0, 0.05) is 17.1 Å². The minimum atomic E-state index is -2.94. The molecule has 0 aliphatic rings. The summed E-state index contributed by atoms with van der Waals surface area (Å²) in [6.07, 6.45) is 1.34. The van der Waals surface area contributed by atoms with Crippen molar-refractivity contribution in [2.24, 2.45) is 5.73 Å². The van der Waals surface area contributed by atoms with Crippen molar-refractivity contribution in [2.75, 3.05) is 0 Å². The second-order valence-electron chi connectivity index (χ2n) is 4.24. The largest absolute Gasteiger partial charge is 0.434 e. The first-order valence-corrected chi connectivity index (χ1v) is 6.58. The van der Waals surface area contributed by atoms with Gasteiger partial charge in [0.05, 0.1) is 6.04 Å². The van der Waals surface area contributed by atoms with Gasteiger partial charge >= 0.3 is 6.61 Å². The molecule has 120 valence electrons. The van der Waals surface area contributed by atoms with E-state index in [4.69, 9.17) is 17.3 Å². The van der Waals surface area contributed by atoms with Crippen molar-refractivity contribution in [1.29, 1.82) is 0 Å². The number of nitrogens with two attached hydrogens (primary N) is 1. The molecule has 0 aliphatic carbocycles. The highest BCUT2D eigenvalue weighted by molar-refractivity contribution is 6.30. The summed E-state index contributed by atoms with van der Waals surface area (Å²) in [5.41, 5.74) is 6.02. The third-order valence-corrected chi connectivity index (χ3v) is 2.86. The highest BCUT2D eigenvalue weighted by Crippen LogP contribution is 2.24. The molecule has 0 fully saturated rings. The SMILES string of the molecule is CCCC(N)C(=O)NCc1cc(Cl)ccc1OC(F)F.Cl. The van der Waals surface area contributed by atoms with Crippen LogP contribution in [0.15, 0.2) is 18.2 Å². The Kier molecular flexibility index (Phi) is 9.24. The van der Waals surface area contributed by atoms with E-state index in [1.54, 1.807) is 0 Å². The standard InChI is InChI=1S/C13H17ClF2N2O2.ClH/c1-2-3-10(17)12(19)18-7-8-6-9(14)4-5-11(8)20-13(15)16;/h4-6,10,13H,2-3,7,17H2,1H3,(H,18,19);1H. The van der Waals surface area contributed by atoms with Gasteiger partial charge in [0.2, 0.25) is 5.91 Å². The lowest BCUT2D eigenvalue weighted by atomic mass is 10.1. The number of carbonyl (C=O) groups is 1. The van der Waals surface area contributed by atoms with Gasteiger partial charge in [0.25, 0.3) is 0 Å². The molecule has 1 aromatic rings. The summed E-state index contributed by atoms with van der Waals surface area (Å²) in [7, 11) is 0. The molecule has 0 saturated carbocycles. The lowest BCUT2D eigenvalue weighted by Crippen LogP contribution is -2.40. The molecule has 1 atom stereocenters. The van der Waals surface area contributed by atoms with E-state index in [0.717, 1.165) is 6.42 Å². The van der Waals surface area contributed by atoms with Crippen molar-refractivity contribution >= 4 is 29.9 Å². The van der Waals surface area contributed by atoms with Crippen molar-refractivity contribution in [2.45, 2.75) is 39.0 Å². The molecule has 1 aromatic carbocycles. The lowest BCUT2D eigenvalue weighted by Gasteiger charge is -2.14. The van der Waals surface area contributed by atoms with Crippen LogP contribution in [0.3, 0.4) is 0 Å². The number of rotatable bonds is 7. The highest BCUT2D eigenvalue weighted by Gasteiger charge is 2.14. The van der Waals surface area contributed by atoms with Crippen LogP contribution < -0.4 is 15.8 Å². The second-order valence-corrected chi connectivity index (χ2v) is 4.68. The molecule has 0 radical (unpaired) electrons. The van der Waals surface area contributed by atoms with Crippen molar-refractivity contribution in [3.8, 4) is 5.75 Å². The summed E-state index contributed by atoms with van der Waals surface area (Å²) in [6.45, 7) is -0.995. The third-order valence-electron chi connectivity index (χ3n) is 2.63. The molecule has 0 spiro atoms. The molecular formula is C13H18Cl2F2N2O2. The Morgan fingerprint density at radius 1 is 1.48 bits per heavy atom. The van der Waals surface area contributed by atoms with E-state index >= 15 is 0 Å². The first-order chi connectivity index (χ1) is 9.43. The van der Waals surface area contributed by atoms with Gasteiger partial charge in [-0.3, -0.25) is 4.79 Å². The smallest absolute Gasteiger partial charge is 0.387 e. The van der Waals surface area contributed by atoms with Gasteiger partial charge < -0.3 is 15.8 Å². The van der Waals surface area contributed by atoms with Crippen LogP contribution in [0.5, 0.6) is 5.75 Å². The molecule has 0 aliphatic heterocycles. The number of carbonyl (C=O) groups excluding carboxylic acids is 1. The molecule has 4 nitrogen and oxygen atoms in total. The maximum atomic E-state index is 12.3. The van der Waals surface area contributed by atoms with E-state index in [0.29, 0.717) is 17.0 Å². The van der Waals surface area contributed by atoms with E-state index in [-0.39, 0.29) is 30.6 Å². The van der Waals surface area contributed by atoms with Crippen LogP contribution in [0, 0.1) is 0 Å². The van der Waals surface area contributed by atoms with Gasteiger partial charge in [-0.2, -0.15) is 8.78 Å². The molecule has 1 amide bonds. The number of amides is 1. The Labute approximate surface area is 133 Å². The topological polar surface area (TPSA) is 64.4 Å². The summed E-state index contributed by atoms with van der Waals surface area (Å²) in [6, 6.07) is 3.62. The molecular weight excluding hydrogens is 325 g/mol. The predicted molar refractivity (Wildman–Crippen MR) is 80.1 cm³/mol. The number of hydrogen-bond acceptors (Lipinski definition) is 3. The van der Waals surface area contributed by atoms with Gasteiger partial charge in [0.1, 0.15) is 5.75 Å².